The number of allylic oxidation sites excluding steroid dienone is 3. The van der Waals surface area contributed by atoms with Crippen molar-refractivity contribution >= 4 is 33.0 Å². The van der Waals surface area contributed by atoms with Gasteiger partial charge < -0.3 is 9.47 Å². The van der Waals surface area contributed by atoms with Crippen LogP contribution >= 0.6 is 15.9 Å². The van der Waals surface area contributed by atoms with Crippen LogP contribution in [-0.2, 0) is 14.9 Å². The first-order valence-corrected chi connectivity index (χ1v) is 11.5. The van der Waals surface area contributed by atoms with Crippen molar-refractivity contribution in [3.05, 3.63) is 39.1 Å². The highest BCUT2D eigenvalue weighted by atomic mass is 79.9. The third-order valence-electron chi connectivity index (χ3n) is 5.51. The maximum absolute atomic E-state index is 15.3. The van der Waals surface area contributed by atoms with Crippen molar-refractivity contribution in [3.63, 3.8) is 0 Å². The molecule has 166 valence electrons. The third-order valence-corrected chi connectivity index (χ3v) is 6.27. The van der Waals surface area contributed by atoms with Crippen molar-refractivity contribution in [1.82, 2.24) is 0 Å². The van der Waals surface area contributed by atoms with Crippen molar-refractivity contribution in [2.24, 2.45) is 11.8 Å². The van der Waals surface area contributed by atoms with Crippen molar-refractivity contribution in [2.75, 3.05) is 13.2 Å². The van der Waals surface area contributed by atoms with E-state index in [0.29, 0.717) is 29.4 Å². The zero-order valence-electron chi connectivity index (χ0n) is 19.4. The fourth-order valence-corrected chi connectivity index (χ4v) is 5.20. The van der Waals surface area contributed by atoms with Crippen LogP contribution in [0.2, 0.25) is 0 Å². The Bertz CT molecular complexity index is 879. The monoisotopic (exact) mass is 480 g/mol. The van der Waals surface area contributed by atoms with Crippen LogP contribution < -0.4 is 4.74 Å². The molecule has 0 N–H and O–H groups in total. The molecule has 1 aromatic carbocycles. The summed E-state index contributed by atoms with van der Waals surface area (Å²) in [5.74, 6) is -1.12. The van der Waals surface area contributed by atoms with Crippen LogP contribution in [0.3, 0.4) is 0 Å². The summed E-state index contributed by atoms with van der Waals surface area (Å²) in [5.41, 5.74) is 4.30. The van der Waals surface area contributed by atoms with Crippen LogP contribution in [0.15, 0.2) is 22.4 Å². The molecule has 0 aliphatic heterocycles. The Morgan fingerprint density at radius 2 is 1.83 bits per heavy atom. The average Bonchev–Trinajstić information content (AvgIpc) is 2.63. The zero-order valence-corrected chi connectivity index (χ0v) is 21.0. The van der Waals surface area contributed by atoms with Gasteiger partial charge in [0.25, 0.3) is 0 Å². The molecule has 0 saturated carbocycles. The van der Waals surface area contributed by atoms with Crippen LogP contribution in [0.1, 0.15) is 78.5 Å². The number of ether oxygens (including phenoxy) is 2. The van der Waals surface area contributed by atoms with Gasteiger partial charge in [0, 0.05) is 11.1 Å². The summed E-state index contributed by atoms with van der Waals surface area (Å²) >= 11 is 3.79. The van der Waals surface area contributed by atoms with Gasteiger partial charge >= 0.3 is 5.97 Å². The molecular weight excluding hydrogens is 447 g/mol. The standard InChI is InChI=1S/C25H34BrFO3/c1-9-29-23-18(19(15(5)6)22(27)24(28)30-10-2)13-17-16(14(3)4)11-12-25(7,8)20(17)21(23)26/h11,13-15H,9-10,12H2,1-8H3/b22-19+. The SMILES string of the molecule is CCOC(=O)/C(F)=C(\c1cc2c(c(Br)c1OCC)C(C)(C)CC=C2C(C)C)C(C)C. The normalized spacial score (nSPS) is 16.2. The van der Waals surface area contributed by atoms with Crippen LogP contribution in [0, 0.1) is 11.8 Å². The van der Waals surface area contributed by atoms with Gasteiger partial charge in [-0.3, -0.25) is 0 Å². The van der Waals surface area contributed by atoms with Gasteiger partial charge in [-0.25, -0.2) is 4.79 Å². The van der Waals surface area contributed by atoms with Gasteiger partial charge in [0.1, 0.15) is 5.75 Å². The molecule has 0 aromatic heterocycles. The second-order valence-electron chi connectivity index (χ2n) is 8.93. The summed E-state index contributed by atoms with van der Waals surface area (Å²) < 4.78 is 27.1. The Hall–Kier alpha value is -1.62. The average molecular weight is 481 g/mol. The van der Waals surface area contributed by atoms with Gasteiger partial charge in [-0.2, -0.15) is 4.39 Å². The maximum Gasteiger partial charge on any atom is 0.367 e. The van der Waals surface area contributed by atoms with Crippen LogP contribution in [0.25, 0.3) is 11.1 Å². The number of halogens is 2. The molecule has 3 nitrogen and oxygen atoms in total. The van der Waals surface area contributed by atoms with E-state index in [1.165, 1.54) is 11.1 Å². The molecule has 0 fully saturated rings. The number of rotatable bonds is 7. The van der Waals surface area contributed by atoms with Crippen LogP contribution in [-0.4, -0.2) is 19.2 Å². The van der Waals surface area contributed by atoms with Gasteiger partial charge in [-0.05, 0) is 76.2 Å². The maximum atomic E-state index is 15.3. The van der Waals surface area contributed by atoms with Crippen LogP contribution in [0.5, 0.6) is 5.75 Å². The molecule has 0 saturated heterocycles. The lowest BCUT2D eigenvalue weighted by Crippen LogP contribution is -2.24. The minimum Gasteiger partial charge on any atom is -0.492 e. The van der Waals surface area contributed by atoms with E-state index < -0.39 is 11.8 Å². The molecular formula is C25H34BrFO3. The summed E-state index contributed by atoms with van der Waals surface area (Å²) in [6, 6.07) is 2.01. The largest absolute Gasteiger partial charge is 0.492 e. The quantitative estimate of drug-likeness (QED) is 0.299. The Morgan fingerprint density at radius 1 is 1.20 bits per heavy atom. The summed E-state index contributed by atoms with van der Waals surface area (Å²) in [7, 11) is 0. The van der Waals surface area contributed by atoms with Crippen LogP contribution in [0.4, 0.5) is 4.39 Å². The Morgan fingerprint density at radius 3 is 2.33 bits per heavy atom. The molecule has 0 spiro atoms. The number of benzene rings is 1. The molecule has 1 aliphatic rings. The summed E-state index contributed by atoms with van der Waals surface area (Å²) in [6.07, 6.45) is 3.20. The summed E-state index contributed by atoms with van der Waals surface area (Å²) in [4.78, 5) is 12.3. The Balaban J connectivity index is 2.94. The van der Waals surface area contributed by atoms with E-state index in [0.717, 1.165) is 16.5 Å². The minimum absolute atomic E-state index is 0.0989. The minimum atomic E-state index is -0.933. The predicted octanol–water partition coefficient (Wildman–Crippen LogP) is 7.47. The molecule has 2 rings (SSSR count). The topological polar surface area (TPSA) is 35.5 Å². The number of hydrogen-bond donors (Lipinski definition) is 0. The molecule has 0 heterocycles. The van der Waals surface area contributed by atoms with Crippen molar-refractivity contribution in [2.45, 2.75) is 67.2 Å². The van der Waals surface area contributed by atoms with E-state index in [-0.39, 0.29) is 17.9 Å². The molecule has 0 atom stereocenters. The van der Waals surface area contributed by atoms with Crippen molar-refractivity contribution in [3.8, 4) is 5.75 Å². The molecule has 5 heteroatoms. The predicted molar refractivity (Wildman–Crippen MR) is 125 cm³/mol. The molecule has 0 amide bonds. The summed E-state index contributed by atoms with van der Waals surface area (Å²) in [6.45, 7) is 16.6. The Kier molecular flexibility index (Phi) is 7.95. The van der Waals surface area contributed by atoms with Gasteiger partial charge in [0.15, 0.2) is 0 Å². The number of carbonyl (C=O) groups excluding carboxylic acids is 1. The highest BCUT2D eigenvalue weighted by molar-refractivity contribution is 9.10. The number of hydrogen-bond acceptors (Lipinski definition) is 3. The van der Waals surface area contributed by atoms with Crippen molar-refractivity contribution < 1.29 is 18.7 Å². The molecule has 0 bridgehead atoms. The van der Waals surface area contributed by atoms with Gasteiger partial charge in [0.05, 0.1) is 17.7 Å². The zero-order chi connectivity index (χ0) is 22.8. The fourth-order valence-electron chi connectivity index (χ4n) is 4.12. The van der Waals surface area contributed by atoms with E-state index in [4.69, 9.17) is 9.47 Å². The lowest BCUT2D eigenvalue weighted by atomic mass is 9.70. The van der Waals surface area contributed by atoms with E-state index in [1.54, 1.807) is 6.92 Å². The van der Waals surface area contributed by atoms with Gasteiger partial charge in [-0.15, -0.1) is 0 Å². The van der Waals surface area contributed by atoms with E-state index >= 15 is 4.39 Å². The number of esters is 1. The van der Waals surface area contributed by atoms with Gasteiger partial charge in [0.2, 0.25) is 5.83 Å². The molecule has 0 unspecified atom stereocenters. The van der Waals surface area contributed by atoms with E-state index in [2.05, 4.69) is 49.7 Å². The smallest absolute Gasteiger partial charge is 0.367 e. The molecule has 1 aromatic rings. The second-order valence-corrected chi connectivity index (χ2v) is 9.72. The second kappa shape index (κ2) is 9.67. The fraction of sp³-hybridized carbons (Fsp3) is 0.560. The first-order valence-electron chi connectivity index (χ1n) is 10.7. The van der Waals surface area contributed by atoms with Gasteiger partial charge in [-0.1, -0.05) is 47.6 Å². The molecule has 0 radical (unpaired) electrons. The number of carbonyl (C=O) groups is 1. The van der Waals surface area contributed by atoms with E-state index in [9.17, 15) is 4.79 Å². The number of fused-ring (bicyclic) bond motifs is 1. The first-order chi connectivity index (χ1) is 14.0. The lowest BCUT2D eigenvalue weighted by molar-refractivity contribution is -0.140. The first kappa shape index (κ1) is 24.6. The van der Waals surface area contributed by atoms with Crippen molar-refractivity contribution in [1.29, 1.82) is 0 Å². The third kappa shape index (κ3) is 4.66. The molecule has 1 aliphatic carbocycles. The Labute approximate surface area is 188 Å². The van der Waals surface area contributed by atoms with E-state index in [1.807, 2.05) is 26.8 Å². The molecule has 30 heavy (non-hydrogen) atoms. The highest BCUT2D eigenvalue weighted by Gasteiger charge is 2.35. The highest BCUT2D eigenvalue weighted by Crippen LogP contribution is 2.51. The lowest BCUT2D eigenvalue weighted by Gasteiger charge is -2.36. The summed E-state index contributed by atoms with van der Waals surface area (Å²) in [5, 5.41) is 0.